The van der Waals surface area contributed by atoms with Crippen LogP contribution in [0.2, 0.25) is 0 Å². The molecular weight excluding hydrogens is 506 g/mol. The number of para-hydroxylation sites is 2. The minimum absolute atomic E-state index is 0.246. The van der Waals surface area contributed by atoms with Crippen molar-refractivity contribution in [1.82, 2.24) is 9.29 Å². The van der Waals surface area contributed by atoms with Gasteiger partial charge in [-0.1, -0.05) is 68.4 Å². The van der Waals surface area contributed by atoms with E-state index >= 15 is 0 Å². The number of rotatable bonds is 12. The van der Waals surface area contributed by atoms with Gasteiger partial charge in [0.25, 0.3) is 5.91 Å². The Bertz CT molecular complexity index is 1440. The van der Waals surface area contributed by atoms with Crippen LogP contribution in [-0.4, -0.2) is 36.7 Å². The molecule has 0 aliphatic carbocycles. The summed E-state index contributed by atoms with van der Waals surface area (Å²) in [6.07, 6.45) is 3.48. The Hall–Kier alpha value is -3.27. The second kappa shape index (κ2) is 12.3. The standard InChI is InChI=1S/C28H31N3O4S2/c1-3-5-18-31(19-6-4-2)37(33,34)22-16-17-24-26(20-22)36-28(29-24)30-27(32)23-14-10-11-15-25(23)35-21-12-8-7-9-13-21/h7-17,20H,3-6,18-19H2,1-2H3,(H,29,30,32). The predicted molar refractivity (Wildman–Crippen MR) is 149 cm³/mol. The molecule has 9 heteroatoms. The highest BCUT2D eigenvalue weighted by atomic mass is 32.2. The summed E-state index contributed by atoms with van der Waals surface area (Å²) in [5.41, 5.74) is 0.998. The smallest absolute Gasteiger partial charge is 0.261 e. The lowest BCUT2D eigenvalue weighted by molar-refractivity contribution is 0.102. The van der Waals surface area contributed by atoms with E-state index in [9.17, 15) is 13.2 Å². The highest BCUT2D eigenvalue weighted by molar-refractivity contribution is 7.89. The number of unbranched alkanes of at least 4 members (excludes halogenated alkanes) is 2. The zero-order valence-electron chi connectivity index (χ0n) is 21.0. The number of ether oxygens (including phenoxy) is 1. The van der Waals surface area contributed by atoms with Crippen molar-refractivity contribution in [3.8, 4) is 11.5 Å². The Labute approximate surface area is 222 Å². The van der Waals surface area contributed by atoms with Crippen LogP contribution in [0.15, 0.2) is 77.7 Å². The fraction of sp³-hybridized carbons (Fsp3) is 0.286. The highest BCUT2D eigenvalue weighted by Gasteiger charge is 2.24. The maximum Gasteiger partial charge on any atom is 0.261 e. The summed E-state index contributed by atoms with van der Waals surface area (Å²) in [6.45, 7) is 5.11. The van der Waals surface area contributed by atoms with Crippen molar-refractivity contribution in [3.63, 3.8) is 0 Å². The number of sulfonamides is 1. The number of carbonyl (C=O) groups is 1. The Kier molecular flexibility index (Phi) is 8.91. The summed E-state index contributed by atoms with van der Waals surface area (Å²) < 4.78 is 34.9. The number of thiazole rings is 1. The fourth-order valence-electron chi connectivity index (χ4n) is 3.81. The molecular formula is C28H31N3O4S2. The molecule has 0 fully saturated rings. The lowest BCUT2D eigenvalue weighted by atomic mass is 10.2. The number of nitrogens with one attached hydrogen (secondary N) is 1. The van der Waals surface area contributed by atoms with Gasteiger partial charge >= 0.3 is 0 Å². The van der Waals surface area contributed by atoms with Crippen LogP contribution in [0.3, 0.4) is 0 Å². The number of hydrogen-bond donors (Lipinski definition) is 1. The predicted octanol–water partition coefficient (Wildman–Crippen LogP) is 6.93. The number of amides is 1. The van der Waals surface area contributed by atoms with Crippen LogP contribution >= 0.6 is 11.3 Å². The summed E-state index contributed by atoms with van der Waals surface area (Å²) in [5, 5.41) is 3.23. The van der Waals surface area contributed by atoms with Crippen LogP contribution < -0.4 is 10.1 Å². The van der Waals surface area contributed by atoms with Gasteiger partial charge in [0.05, 0.1) is 20.7 Å². The minimum Gasteiger partial charge on any atom is -0.457 e. The molecule has 4 rings (SSSR count). The number of carbonyl (C=O) groups excluding carboxylic acids is 1. The van der Waals surface area contributed by atoms with Gasteiger partial charge in [0.1, 0.15) is 11.5 Å². The Balaban J connectivity index is 1.55. The third kappa shape index (κ3) is 6.54. The number of nitrogens with zero attached hydrogens (tertiary/aromatic N) is 2. The van der Waals surface area contributed by atoms with Crippen LogP contribution in [0, 0.1) is 0 Å². The number of benzene rings is 3. The van der Waals surface area contributed by atoms with Crippen molar-refractivity contribution in [3.05, 3.63) is 78.4 Å². The Morgan fingerprint density at radius 2 is 1.62 bits per heavy atom. The number of anilines is 1. The minimum atomic E-state index is -3.62. The van der Waals surface area contributed by atoms with Gasteiger partial charge in [-0.05, 0) is 55.3 Å². The quantitative estimate of drug-likeness (QED) is 0.212. The van der Waals surface area contributed by atoms with Crippen molar-refractivity contribution in [1.29, 1.82) is 0 Å². The fourth-order valence-corrected chi connectivity index (χ4v) is 6.33. The maximum absolute atomic E-state index is 13.4. The molecule has 0 saturated heterocycles. The monoisotopic (exact) mass is 537 g/mol. The summed E-state index contributed by atoms with van der Waals surface area (Å²) >= 11 is 1.24. The van der Waals surface area contributed by atoms with Crippen LogP contribution in [0.4, 0.5) is 5.13 Å². The molecule has 0 radical (unpaired) electrons. The van der Waals surface area contributed by atoms with E-state index in [0.29, 0.717) is 45.5 Å². The van der Waals surface area contributed by atoms with E-state index in [4.69, 9.17) is 4.74 Å². The zero-order chi connectivity index (χ0) is 26.3. The molecule has 1 N–H and O–H groups in total. The van der Waals surface area contributed by atoms with Gasteiger partial charge in [-0.15, -0.1) is 0 Å². The average molecular weight is 538 g/mol. The van der Waals surface area contributed by atoms with Gasteiger partial charge in [-0.2, -0.15) is 4.31 Å². The van der Waals surface area contributed by atoms with Gasteiger partial charge < -0.3 is 4.74 Å². The molecule has 194 valence electrons. The molecule has 7 nitrogen and oxygen atoms in total. The molecule has 0 atom stereocenters. The lowest BCUT2D eigenvalue weighted by Crippen LogP contribution is -2.33. The zero-order valence-corrected chi connectivity index (χ0v) is 22.6. The lowest BCUT2D eigenvalue weighted by Gasteiger charge is -2.21. The molecule has 0 saturated carbocycles. The van der Waals surface area contributed by atoms with Gasteiger partial charge in [-0.3, -0.25) is 10.1 Å². The average Bonchev–Trinajstić information content (AvgIpc) is 3.31. The first kappa shape index (κ1) is 26.8. The van der Waals surface area contributed by atoms with Crippen molar-refractivity contribution < 1.29 is 17.9 Å². The summed E-state index contributed by atoms with van der Waals surface area (Å²) in [6, 6.07) is 21.2. The van der Waals surface area contributed by atoms with E-state index in [0.717, 1.165) is 25.7 Å². The molecule has 3 aromatic carbocycles. The highest BCUT2D eigenvalue weighted by Crippen LogP contribution is 2.31. The third-order valence-electron chi connectivity index (χ3n) is 5.84. The van der Waals surface area contributed by atoms with Crippen LogP contribution in [0.1, 0.15) is 49.9 Å². The van der Waals surface area contributed by atoms with Crippen LogP contribution in [0.25, 0.3) is 10.2 Å². The van der Waals surface area contributed by atoms with Gasteiger partial charge in [0.15, 0.2) is 5.13 Å². The molecule has 37 heavy (non-hydrogen) atoms. The molecule has 1 heterocycles. The van der Waals surface area contributed by atoms with Gasteiger partial charge in [0.2, 0.25) is 10.0 Å². The molecule has 1 amide bonds. The second-order valence-corrected chi connectivity index (χ2v) is 11.6. The molecule has 4 aromatic rings. The van der Waals surface area contributed by atoms with Crippen molar-refractivity contribution >= 4 is 42.6 Å². The van der Waals surface area contributed by atoms with Crippen molar-refractivity contribution in [2.75, 3.05) is 18.4 Å². The summed E-state index contributed by atoms with van der Waals surface area (Å²) in [7, 11) is -3.62. The molecule has 1 aromatic heterocycles. The number of hydrogen-bond acceptors (Lipinski definition) is 6. The van der Waals surface area contributed by atoms with E-state index in [2.05, 4.69) is 24.1 Å². The van der Waals surface area contributed by atoms with Crippen molar-refractivity contribution in [2.45, 2.75) is 44.4 Å². The van der Waals surface area contributed by atoms with Crippen molar-refractivity contribution in [2.24, 2.45) is 0 Å². The molecule has 0 unspecified atom stereocenters. The van der Waals surface area contributed by atoms with Gasteiger partial charge in [0, 0.05) is 13.1 Å². The van der Waals surface area contributed by atoms with Gasteiger partial charge in [-0.25, -0.2) is 13.4 Å². The summed E-state index contributed by atoms with van der Waals surface area (Å²) in [4.78, 5) is 17.8. The van der Waals surface area contributed by atoms with E-state index in [1.807, 2.05) is 30.3 Å². The van der Waals surface area contributed by atoms with E-state index in [1.54, 1.807) is 46.8 Å². The maximum atomic E-state index is 13.4. The topological polar surface area (TPSA) is 88.6 Å². The third-order valence-corrected chi connectivity index (χ3v) is 8.67. The first-order chi connectivity index (χ1) is 17.9. The van der Waals surface area contributed by atoms with Crippen LogP contribution in [-0.2, 0) is 10.0 Å². The van der Waals surface area contributed by atoms with Crippen LogP contribution in [0.5, 0.6) is 11.5 Å². The Morgan fingerprint density at radius 1 is 0.946 bits per heavy atom. The number of aromatic nitrogens is 1. The first-order valence-corrected chi connectivity index (χ1v) is 14.7. The largest absolute Gasteiger partial charge is 0.457 e. The van der Waals surface area contributed by atoms with E-state index < -0.39 is 10.0 Å². The SMILES string of the molecule is CCCCN(CCCC)S(=O)(=O)c1ccc2nc(NC(=O)c3ccccc3Oc3ccccc3)sc2c1. The van der Waals surface area contributed by atoms with E-state index in [1.165, 1.54) is 11.3 Å². The number of fused-ring (bicyclic) bond motifs is 1. The molecule has 0 aliphatic heterocycles. The van der Waals surface area contributed by atoms with E-state index in [-0.39, 0.29) is 10.8 Å². The molecule has 0 spiro atoms. The Morgan fingerprint density at radius 3 is 2.32 bits per heavy atom. The first-order valence-electron chi connectivity index (χ1n) is 12.5. The molecule has 0 bridgehead atoms. The normalized spacial score (nSPS) is 11.6. The molecule has 0 aliphatic rings. The summed E-state index contributed by atoms with van der Waals surface area (Å²) in [5.74, 6) is 0.701. The second-order valence-electron chi connectivity index (χ2n) is 8.63.